The molecule has 1 aromatic rings. The van der Waals surface area contributed by atoms with E-state index in [0.29, 0.717) is 0 Å². The highest BCUT2D eigenvalue weighted by Gasteiger charge is 2.32. The highest BCUT2D eigenvalue weighted by molar-refractivity contribution is 6.31. The summed E-state index contributed by atoms with van der Waals surface area (Å²) in [5.41, 5.74) is -2.85. The van der Waals surface area contributed by atoms with Crippen molar-refractivity contribution in [3.05, 3.63) is 42.9 Å². The standard InChI is InChI=1S/C7H3ClN2O6/c8-3-1-4(7(11)12)6(10(15)16)5(2-3)9(13)14/h1-2H,(H,11,12). The van der Waals surface area contributed by atoms with E-state index in [0.717, 1.165) is 12.1 Å². The van der Waals surface area contributed by atoms with Crippen molar-refractivity contribution in [1.82, 2.24) is 0 Å². The number of carbonyl (C=O) groups is 1. The number of rotatable bonds is 3. The van der Waals surface area contributed by atoms with E-state index in [1.165, 1.54) is 0 Å². The first-order valence-electron chi connectivity index (χ1n) is 3.70. The number of nitrogens with zero attached hydrogens (tertiary/aromatic N) is 2. The van der Waals surface area contributed by atoms with Crippen molar-refractivity contribution in [3.63, 3.8) is 0 Å². The maximum atomic E-state index is 10.7. The number of nitro groups is 2. The molecule has 0 amide bonds. The molecule has 0 saturated carbocycles. The first kappa shape index (κ1) is 11.9. The highest BCUT2D eigenvalue weighted by atomic mass is 35.5. The van der Waals surface area contributed by atoms with Gasteiger partial charge >= 0.3 is 17.3 Å². The summed E-state index contributed by atoms with van der Waals surface area (Å²) in [7, 11) is 0. The van der Waals surface area contributed by atoms with Crippen LogP contribution in [0.4, 0.5) is 11.4 Å². The third-order valence-electron chi connectivity index (χ3n) is 1.66. The Labute approximate surface area is 92.4 Å². The van der Waals surface area contributed by atoms with Crippen LogP contribution in [0, 0.1) is 20.2 Å². The molecule has 0 aliphatic carbocycles. The molecule has 0 saturated heterocycles. The third kappa shape index (κ3) is 2.06. The molecule has 9 heteroatoms. The quantitative estimate of drug-likeness (QED) is 0.641. The predicted molar refractivity (Wildman–Crippen MR) is 51.7 cm³/mol. The number of nitro benzene ring substituents is 2. The number of hydrogen-bond acceptors (Lipinski definition) is 5. The molecule has 0 aliphatic heterocycles. The van der Waals surface area contributed by atoms with E-state index in [2.05, 4.69) is 0 Å². The van der Waals surface area contributed by atoms with Crippen molar-refractivity contribution in [2.45, 2.75) is 0 Å². The smallest absolute Gasteiger partial charge is 0.360 e. The van der Waals surface area contributed by atoms with Gasteiger partial charge in [0.05, 0.1) is 9.85 Å². The number of hydrogen-bond donors (Lipinski definition) is 1. The molecule has 0 aromatic heterocycles. The van der Waals surface area contributed by atoms with Gasteiger partial charge in [0.1, 0.15) is 5.56 Å². The third-order valence-corrected chi connectivity index (χ3v) is 1.88. The summed E-state index contributed by atoms with van der Waals surface area (Å²) >= 11 is 5.42. The summed E-state index contributed by atoms with van der Waals surface area (Å²) in [6, 6.07) is 1.52. The maximum Gasteiger partial charge on any atom is 0.360 e. The van der Waals surface area contributed by atoms with Gasteiger partial charge in [-0.2, -0.15) is 0 Å². The van der Waals surface area contributed by atoms with E-state index < -0.39 is 32.8 Å². The Hall–Kier alpha value is -2.22. The molecule has 0 heterocycles. The molecule has 8 nitrogen and oxygen atoms in total. The van der Waals surface area contributed by atoms with Gasteiger partial charge in [0.25, 0.3) is 0 Å². The molecule has 1 rings (SSSR count). The Morgan fingerprint density at radius 3 is 2.19 bits per heavy atom. The lowest BCUT2D eigenvalue weighted by Crippen LogP contribution is -2.05. The van der Waals surface area contributed by atoms with Crippen molar-refractivity contribution in [1.29, 1.82) is 0 Å². The van der Waals surface area contributed by atoms with Crippen LogP contribution in [0.25, 0.3) is 0 Å². The van der Waals surface area contributed by atoms with Crippen molar-refractivity contribution in [2.75, 3.05) is 0 Å². The first-order chi connectivity index (χ1) is 7.34. The normalized spacial score (nSPS) is 9.81. The van der Waals surface area contributed by atoms with Gasteiger partial charge in [-0.25, -0.2) is 4.79 Å². The van der Waals surface area contributed by atoms with Gasteiger partial charge in [0, 0.05) is 11.1 Å². The Kier molecular flexibility index (Phi) is 3.04. The summed E-state index contributed by atoms with van der Waals surface area (Å²) < 4.78 is 0. The molecular weight excluding hydrogens is 244 g/mol. The Balaban J connectivity index is 3.67. The molecule has 1 aromatic carbocycles. The molecule has 0 unspecified atom stereocenters. The lowest BCUT2D eigenvalue weighted by Gasteiger charge is -1.99. The van der Waals surface area contributed by atoms with Crippen molar-refractivity contribution < 1.29 is 19.7 Å². The SMILES string of the molecule is O=C(O)c1cc(Cl)cc([N+](=O)[O-])c1[N+](=O)[O-]. The predicted octanol–water partition coefficient (Wildman–Crippen LogP) is 1.85. The van der Waals surface area contributed by atoms with Crippen LogP contribution in [0.15, 0.2) is 12.1 Å². The molecule has 0 spiro atoms. The minimum Gasteiger partial charge on any atom is -0.477 e. The average Bonchev–Trinajstić information content (AvgIpc) is 2.15. The first-order valence-corrected chi connectivity index (χ1v) is 4.08. The summed E-state index contributed by atoms with van der Waals surface area (Å²) in [6.45, 7) is 0. The fraction of sp³-hybridized carbons (Fsp3) is 0. The topological polar surface area (TPSA) is 124 Å². The summed E-state index contributed by atoms with van der Waals surface area (Å²) in [4.78, 5) is 29.5. The van der Waals surface area contributed by atoms with Crippen LogP contribution in [0.1, 0.15) is 10.4 Å². The van der Waals surface area contributed by atoms with E-state index in [1.54, 1.807) is 0 Å². The molecule has 1 N–H and O–H groups in total. The second-order valence-electron chi connectivity index (χ2n) is 2.64. The highest BCUT2D eigenvalue weighted by Crippen LogP contribution is 2.33. The Morgan fingerprint density at radius 2 is 1.81 bits per heavy atom. The second kappa shape index (κ2) is 4.11. The number of carboxylic acid groups (broad SMARTS) is 1. The number of benzene rings is 1. The van der Waals surface area contributed by atoms with Crippen LogP contribution in [0.2, 0.25) is 5.02 Å². The molecule has 0 fully saturated rings. The minimum absolute atomic E-state index is 0.255. The van der Waals surface area contributed by atoms with E-state index >= 15 is 0 Å². The lowest BCUT2D eigenvalue weighted by molar-refractivity contribution is -0.422. The summed E-state index contributed by atoms with van der Waals surface area (Å²) in [5.74, 6) is -1.66. The fourth-order valence-corrected chi connectivity index (χ4v) is 1.29. The summed E-state index contributed by atoms with van der Waals surface area (Å²) in [5, 5.41) is 29.5. The van der Waals surface area contributed by atoms with Crippen LogP contribution >= 0.6 is 11.6 Å². The van der Waals surface area contributed by atoms with Gasteiger partial charge in [-0.1, -0.05) is 11.6 Å². The van der Waals surface area contributed by atoms with Crippen molar-refractivity contribution >= 4 is 28.9 Å². The van der Waals surface area contributed by atoms with Gasteiger partial charge in [-0.05, 0) is 6.07 Å². The molecule has 0 bridgehead atoms. The van der Waals surface area contributed by atoms with Crippen LogP contribution in [-0.2, 0) is 0 Å². The Morgan fingerprint density at radius 1 is 1.25 bits per heavy atom. The van der Waals surface area contributed by atoms with Crippen LogP contribution in [0.3, 0.4) is 0 Å². The Bertz CT molecular complexity index is 465. The largest absolute Gasteiger partial charge is 0.477 e. The average molecular weight is 247 g/mol. The van der Waals surface area contributed by atoms with E-state index in [-0.39, 0.29) is 5.02 Å². The second-order valence-corrected chi connectivity index (χ2v) is 3.08. The number of halogens is 1. The van der Waals surface area contributed by atoms with E-state index in [9.17, 15) is 25.0 Å². The minimum atomic E-state index is -1.66. The van der Waals surface area contributed by atoms with Gasteiger partial charge < -0.3 is 5.11 Å². The summed E-state index contributed by atoms with van der Waals surface area (Å²) in [6.07, 6.45) is 0. The lowest BCUT2D eigenvalue weighted by atomic mass is 10.1. The molecular formula is C7H3ClN2O6. The molecule has 84 valence electrons. The number of carboxylic acids is 1. The van der Waals surface area contributed by atoms with Gasteiger partial charge in [-0.3, -0.25) is 20.2 Å². The zero-order valence-corrected chi connectivity index (χ0v) is 8.17. The van der Waals surface area contributed by atoms with E-state index in [1.807, 2.05) is 0 Å². The molecule has 16 heavy (non-hydrogen) atoms. The fourth-order valence-electron chi connectivity index (χ4n) is 1.08. The van der Waals surface area contributed by atoms with Gasteiger partial charge in [-0.15, -0.1) is 0 Å². The molecule has 0 aliphatic rings. The molecule has 0 atom stereocenters. The van der Waals surface area contributed by atoms with Crippen LogP contribution in [0.5, 0.6) is 0 Å². The van der Waals surface area contributed by atoms with E-state index in [4.69, 9.17) is 16.7 Å². The molecule has 0 radical (unpaired) electrons. The van der Waals surface area contributed by atoms with Crippen LogP contribution in [-0.4, -0.2) is 20.9 Å². The monoisotopic (exact) mass is 246 g/mol. The zero-order chi connectivity index (χ0) is 12.5. The van der Waals surface area contributed by atoms with Crippen molar-refractivity contribution in [2.24, 2.45) is 0 Å². The zero-order valence-electron chi connectivity index (χ0n) is 7.42. The maximum absolute atomic E-state index is 10.7. The van der Waals surface area contributed by atoms with Gasteiger partial charge in [0.2, 0.25) is 0 Å². The van der Waals surface area contributed by atoms with Crippen LogP contribution < -0.4 is 0 Å². The van der Waals surface area contributed by atoms with Gasteiger partial charge in [0.15, 0.2) is 0 Å². The number of aromatic carboxylic acids is 1. The van der Waals surface area contributed by atoms with Crippen molar-refractivity contribution in [3.8, 4) is 0 Å².